The number of aliphatic imine (C=N–C) groups is 1. The van der Waals surface area contributed by atoms with Crippen LogP contribution in [0.25, 0.3) is 0 Å². The number of hydrogen-bond acceptors (Lipinski definition) is 4. The molecule has 0 saturated carbocycles. The predicted molar refractivity (Wildman–Crippen MR) is 113 cm³/mol. The predicted octanol–water partition coefficient (Wildman–Crippen LogP) is 1.06. The Hall–Kier alpha value is -1.90. The molecule has 2 rings (SSSR count). The van der Waals surface area contributed by atoms with Crippen LogP contribution in [0, 0.1) is 6.92 Å². The van der Waals surface area contributed by atoms with Crippen LogP contribution in [0.15, 0.2) is 23.2 Å². The van der Waals surface area contributed by atoms with Crippen LogP contribution in [0.2, 0.25) is 5.02 Å². The second-order valence-corrected chi connectivity index (χ2v) is 8.83. The number of thioether (sulfide) groups is 1. The van der Waals surface area contributed by atoms with Crippen LogP contribution < -0.4 is 15.5 Å². The van der Waals surface area contributed by atoms with E-state index in [-0.39, 0.29) is 30.2 Å². The van der Waals surface area contributed by atoms with Gasteiger partial charge in [0.15, 0.2) is 6.54 Å². The molecule has 7 nitrogen and oxygen atoms in total. The van der Waals surface area contributed by atoms with Gasteiger partial charge in [0.1, 0.15) is 16.8 Å². The Morgan fingerprint density at radius 2 is 2.04 bits per heavy atom. The van der Waals surface area contributed by atoms with Gasteiger partial charge in [-0.05, 0) is 38.5 Å². The summed E-state index contributed by atoms with van der Waals surface area (Å²) in [5, 5.41) is 6.32. The molecule has 1 unspecified atom stereocenters. The van der Waals surface area contributed by atoms with Crippen molar-refractivity contribution in [3.8, 4) is 0 Å². The third-order valence-corrected chi connectivity index (χ3v) is 5.64. The molecular formula is C19H26ClN4O3S+. The van der Waals surface area contributed by atoms with Crippen molar-refractivity contribution >= 4 is 51.8 Å². The van der Waals surface area contributed by atoms with Crippen LogP contribution in [0.3, 0.4) is 0 Å². The summed E-state index contributed by atoms with van der Waals surface area (Å²) < 4.78 is 0. The number of halogens is 1. The van der Waals surface area contributed by atoms with Crippen molar-refractivity contribution in [3.63, 3.8) is 0 Å². The second kappa shape index (κ2) is 10.0. The lowest BCUT2D eigenvalue weighted by atomic mass is 10.2. The third-order valence-electron chi connectivity index (χ3n) is 4.07. The molecular weight excluding hydrogens is 400 g/mol. The highest BCUT2D eigenvalue weighted by atomic mass is 35.5. The number of nitrogens with zero attached hydrogens (tertiary/aromatic N) is 1. The molecule has 1 aliphatic rings. The molecule has 0 spiro atoms. The lowest BCUT2D eigenvalue weighted by Crippen LogP contribution is -3.11. The topological polar surface area (TPSA) is 92.1 Å². The fourth-order valence-corrected chi connectivity index (χ4v) is 4.09. The Kier molecular flexibility index (Phi) is 8.03. The zero-order valence-corrected chi connectivity index (χ0v) is 18.0. The monoisotopic (exact) mass is 425 g/mol. The van der Waals surface area contributed by atoms with E-state index in [9.17, 15) is 14.4 Å². The van der Waals surface area contributed by atoms with E-state index in [0.717, 1.165) is 10.5 Å². The molecule has 1 heterocycles. The first-order valence-corrected chi connectivity index (χ1v) is 10.3. The molecule has 152 valence electrons. The normalized spacial score (nSPS) is 17.4. The Bertz CT molecular complexity index is 797. The SMILES string of the molecule is Cc1c(Cl)cccc1NC(=O)C[C@H]1SC(C[NH+](C)CC(=O)NC(C)C)=NC1=O. The molecule has 0 radical (unpaired) electrons. The van der Waals surface area contributed by atoms with Gasteiger partial charge in [-0.15, -0.1) is 0 Å². The Balaban J connectivity index is 1.84. The molecule has 28 heavy (non-hydrogen) atoms. The van der Waals surface area contributed by atoms with Crippen molar-refractivity contribution < 1.29 is 19.3 Å². The van der Waals surface area contributed by atoms with E-state index in [1.54, 1.807) is 18.2 Å². The van der Waals surface area contributed by atoms with Gasteiger partial charge in [0.25, 0.3) is 11.8 Å². The molecule has 3 N–H and O–H groups in total. The molecule has 0 aliphatic carbocycles. The third kappa shape index (κ3) is 6.61. The van der Waals surface area contributed by atoms with Crippen molar-refractivity contribution in [1.82, 2.24) is 5.32 Å². The minimum Gasteiger partial charge on any atom is -0.349 e. The van der Waals surface area contributed by atoms with E-state index in [0.29, 0.717) is 28.8 Å². The standard InChI is InChI=1S/C19H25ClN4O3S/c1-11(2)21-17(26)9-24(4)10-18-23-19(27)15(28-18)8-16(25)22-14-7-5-6-13(20)12(14)3/h5-7,11,15H,8-10H2,1-4H3,(H,21,26)(H,22,25)/p+1/t15-/m1/s1. The Labute approximate surface area is 174 Å². The maximum absolute atomic E-state index is 12.3. The summed E-state index contributed by atoms with van der Waals surface area (Å²) in [4.78, 5) is 41.3. The van der Waals surface area contributed by atoms with Crippen LogP contribution in [-0.4, -0.2) is 54.2 Å². The van der Waals surface area contributed by atoms with Gasteiger partial charge in [0.2, 0.25) is 5.91 Å². The fraction of sp³-hybridized carbons (Fsp3) is 0.474. The highest BCUT2D eigenvalue weighted by molar-refractivity contribution is 8.15. The summed E-state index contributed by atoms with van der Waals surface area (Å²) in [6.07, 6.45) is 0.0370. The molecule has 0 aromatic heterocycles. The first-order chi connectivity index (χ1) is 13.2. The van der Waals surface area contributed by atoms with Gasteiger partial charge in [0.05, 0.1) is 7.05 Å². The van der Waals surface area contributed by atoms with E-state index in [2.05, 4.69) is 15.6 Å². The first kappa shape index (κ1) is 22.4. The largest absolute Gasteiger partial charge is 0.349 e. The fourth-order valence-electron chi connectivity index (χ4n) is 2.73. The summed E-state index contributed by atoms with van der Waals surface area (Å²) in [6.45, 7) is 6.40. The van der Waals surface area contributed by atoms with Crippen LogP contribution >= 0.6 is 23.4 Å². The average Bonchev–Trinajstić information content (AvgIpc) is 2.89. The summed E-state index contributed by atoms with van der Waals surface area (Å²) in [6, 6.07) is 5.37. The van der Waals surface area contributed by atoms with Crippen molar-refractivity contribution in [1.29, 1.82) is 0 Å². The van der Waals surface area contributed by atoms with E-state index >= 15 is 0 Å². The van der Waals surface area contributed by atoms with Crippen molar-refractivity contribution in [2.45, 2.75) is 38.5 Å². The number of anilines is 1. The van der Waals surface area contributed by atoms with E-state index < -0.39 is 5.25 Å². The van der Waals surface area contributed by atoms with Crippen LogP contribution in [0.4, 0.5) is 5.69 Å². The summed E-state index contributed by atoms with van der Waals surface area (Å²) in [5.74, 6) is -0.614. The summed E-state index contributed by atoms with van der Waals surface area (Å²) in [5.41, 5.74) is 1.42. The van der Waals surface area contributed by atoms with E-state index in [4.69, 9.17) is 11.6 Å². The Morgan fingerprint density at radius 1 is 1.32 bits per heavy atom. The number of carbonyl (C=O) groups excluding carboxylic acids is 3. The molecule has 2 atom stereocenters. The molecule has 9 heteroatoms. The molecule has 1 aromatic carbocycles. The summed E-state index contributed by atoms with van der Waals surface area (Å²) in [7, 11) is 1.87. The highest BCUT2D eigenvalue weighted by Gasteiger charge is 2.32. The molecule has 0 fully saturated rings. The van der Waals surface area contributed by atoms with Crippen molar-refractivity contribution in [3.05, 3.63) is 28.8 Å². The molecule has 3 amide bonds. The average molecular weight is 426 g/mol. The number of amides is 3. The van der Waals surface area contributed by atoms with Gasteiger partial charge in [0, 0.05) is 23.2 Å². The maximum Gasteiger partial charge on any atom is 0.275 e. The number of quaternary nitrogens is 1. The van der Waals surface area contributed by atoms with E-state index in [1.165, 1.54) is 11.8 Å². The first-order valence-electron chi connectivity index (χ1n) is 9.09. The zero-order valence-electron chi connectivity index (χ0n) is 16.5. The second-order valence-electron chi connectivity index (χ2n) is 7.15. The zero-order chi connectivity index (χ0) is 20.8. The number of hydrogen-bond donors (Lipinski definition) is 3. The van der Waals surface area contributed by atoms with Gasteiger partial charge in [-0.3, -0.25) is 14.4 Å². The van der Waals surface area contributed by atoms with Crippen LogP contribution in [0.5, 0.6) is 0 Å². The smallest absolute Gasteiger partial charge is 0.275 e. The number of nitrogens with one attached hydrogen (secondary N) is 3. The maximum atomic E-state index is 12.3. The van der Waals surface area contributed by atoms with E-state index in [1.807, 2.05) is 27.8 Å². The van der Waals surface area contributed by atoms with Crippen molar-refractivity contribution in [2.75, 3.05) is 25.5 Å². The number of rotatable bonds is 8. The quantitative estimate of drug-likeness (QED) is 0.580. The van der Waals surface area contributed by atoms with Gasteiger partial charge >= 0.3 is 0 Å². The number of benzene rings is 1. The Morgan fingerprint density at radius 3 is 2.71 bits per heavy atom. The summed E-state index contributed by atoms with van der Waals surface area (Å²) >= 11 is 7.36. The molecule has 0 bridgehead atoms. The lowest BCUT2D eigenvalue weighted by Gasteiger charge is -2.15. The van der Waals surface area contributed by atoms with Gasteiger partial charge < -0.3 is 15.5 Å². The van der Waals surface area contributed by atoms with Gasteiger partial charge in [-0.2, -0.15) is 0 Å². The van der Waals surface area contributed by atoms with Crippen molar-refractivity contribution in [2.24, 2.45) is 4.99 Å². The number of likely N-dealkylation sites (N-methyl/N-ethyl adjacent to an activating group) is 1. The highest BCUT2D eigenvalue weighted by Crippen LogP contribution is 2.26. The lowest BCUT2D eigenvalue weighted by molar-refractivity contribution is -0.861. The minimum absolute atomic E-state index is 0.0370. The molecule has 1 aromatic rings. The number of carbonyl (C=O) groups is 3. The van der Waals surface area contributed by atoms with Gasteiger partial charge in [-0.1, -0.05) is 29.4 Å². The van der Waals surface area contributed by atoms with Crippen LogP contribution in [-0.2, 0) is 14.4 Å². The minimum atomic E-state index is -0.535. The van der Waals surface area contributed by atoms with Crippen LogP contribution in [0.1, 0.15) is 25.8 Å². The van der Waals surface area contributed by atoms with Gasteiger partial charge in [-0.25, -0.2) is 4.99 Å². The molecule has 0 saturated heterocycles. The molecule has 1 aliphatic heterocycles.